The number of nitrogens with one attached hydrogen (secondary N) is 1. The average molecular weight is 235 g/mol. The molecule has 0 aliphatic heterocycles. The Kier molecular flexibility index (Phi) is 3.70. The number of benzene rings is 1. The van der Waals surface area contributed by atoms with Crippen LogP contribution in [0.4, 0.5) is 4.39 Å². The first kappa shape index (κ1) is 11.3. The van der Waals surface area contributed by atoms with Crippen LogP contribution in [0.15, 0.2) is 36.4 Å². The first-order valence-electron chi connectivity index (χ1n) is 5.35. The summed E-state index contributed by atoms with van der Waals surface area (Å²) in [5.41, 5.74) is 0.690. The van der Waals surface area contributed by atoms with Gasteiger partial charge < -0.3 is 5.32 Å². The number of thiophene rings is 1. The molecule has 1 aromatic carbocycles. The van der Waals surface area contributed by atoms with Crippen molar-refractivity contribution in [3.8, 4) is 10.4 Å². The van der Waals surface area contributed by atoms with Gasteiger partial charge >= 0.3 is 0 Å². The molecule has 2 rings (SSSR count). The smallest absolute Gasteiger partial charge is 0.131 e. The fourth-order valence-corrected chi connectivity index (χ4v) is 2.53. The molecule has 3 heteroatoms. The van der Waals surface area contributed by atoms with Gasteiger partial charge in [0.2, 0.25) is 0 Å². The van der Waals surface area contributed by atoms with Crippen molar-refractivity contribution in [3.05, 3.63) is 47.1 Å². The molecule has 2 aromatic rings. The van der Waals surface area contributed by atoms with E-state index in [-0.39, 0.29) is 5.82 Å². The molecule has 1 aromatic heterocycles. The van der Waals surface area contributed by atoms with Gasteiger partial charge in [-0.05, 0) is 24.7 Å². The molecule has 0 saturated heterocycles. The zero-order valence-electron chi connectivity index (χ0n) is 9.16. The lowest BCUT2D eigenvalue weighted by molar-refractivity contribution is 0.631. The van der Waals surface area contributed by atoms with Gasteiger partial charge in [0.15, 0.2) is 0 Å². The van der Waals surface area contributed by atoms with Gasteiger partial charge in [-0.2, -0.15) is 0 Å². The number of halogens is 1. The van der Waals surface area contributed by atoms with E-state index < -0.39 is 0 Å². The van der Waals surface area contributed by atoms with Gasteiger partial charge in [0.1, 0.15) is 5.82 Å². The molecule has 0 radical (unpaired) electrons. The maximum absolute atomic E-state index is 13.5. The van der Waals surface area contributed by atoms with Crippen molar-refractivity contribution in [2.45, 2.75) is 13.5 Å². The second kappa shape index (κ2) is 5.23. The largest absolute Gasteiger partial charge is 0.312 e. The molecule has 0 saturated carbocycles. The summed E-state index contributed by atoms with van der Waals surface area (Å²) < 4.78 is 13.5. The minimum atomic E-state index is -0.153. The van der Waals surface area contributed by atoms with Crippen LogP contribution >= 0.6 is 11.3 Å². The third kappa shape index (κ3) is 2.49. The molecule has 1 N–H and O–H groups in total. The zero-order chi connectivity index (χ0) is 11.4. The van der Waals surface area contributed by atoms with Crippen molar-refractivity contribution >= 4 is 11.3 Å². The Morgan fingerprint density at radius 1 is 1.19 bits per heavy atom. The van der Waals surface area contributed by atoms with Crippen molar-refractivity contribution in [1.82, 2.24) is 5.32 Å². The Hall–Kier alpha value is -1.19. The van der Waals surface area contributed by atoms with E-state index in [4.69, 9.17) is 0 Å². The Morgan fingerprint density at radius 2 is 2.00 bits per heavy atom. The normalized spacial score (nSPS) is 10.6. The highest BCUT2D eigenvalue weighted by molar-refractivity contribution is 7.15. The Morgan fingerprint density at radius 3 is 2.75 bits per heavy atom. The predicted octanol–water partition coefficient (Wildman–Crippen LogP) is 3.66. The lowest BCUT2D eigenvalue weighted by atomic mass is 10.2. The lowest BCUT2D eigenvalue weighted by Crippen LogP contribution is -2.10. The molecule has 0 bridgehead atoms. The molecular formula is C13H14FNS. The third-order valence-electron chi connectivity index (χ3n) is 2.35. The lowest BCUT2D eigenvalue weighted by Gasteiger charge is -1.99. The second-order valence-electron chi connectivity index (χ2n) is 3.53. The topological polar surface area (TPSA) is 12.0 Å². The third-order valence-corrected chi connectivity index (χ3v) is 3.47. The summed E-state index contributed by atoms with van der Waals surface area (Å²) in [4.78, 5) is 2.23. The Labute approximate surface area is 98.9 Å². The highest BCUT2D eigenvalue weighted by atomic mass is 32.1. The van der Waals surface area contributed by atoms with Crippen LogP contribution in [0.25, 0.3) is 10.4 Å². The number of hydrogen-bond acceptors (Lipinski definition) is 2. The molecule has 16 heavy (non-hydrogen) atoms. The molecular weight excluding hydrogens is 221 g/mol. The predicted molar refractivity (Wildman–Crippen MR) is 67.1 cm³/mol. The molecule has 1 nitrogen and oxygen atoms in total. The van der Waals surface area contributed by atoms with Crippen LogP contribution in [0.1, 0.15) is 11.8 Å². The molecule has 0 fully saturated rings. The van der Waals surface area contributed by atoms with Crippen molar-refractivity contribution < 1.29 is 4.39 Å². The summed E-state index contributed by atoms with van der Waals surface area (Å²) in [6.07, 6.45) is 0. The van der Waals surface area contributed by atoms with Crippen LogP contribution in [0.3, 0.4) is 0 Å². The molecule has 84 valence electrons. The second-order valence-corrected chi connectivity index (χ2v) is 4.69. The van der Waals surface area contributed by atoms with Gasteiger partial charge in [-0.25, -0.2) is 4.39 Å². The minimum absolute atomic E-state index is 0.153. The van der Waals surface area contributed by atoms with Crippen molar-refractivity contribution in [2.75, 3.05) is 6.54 Å². The fraction of sp³-hybridized carbons (Fsp3) is 0.231. The first-order chi connectivity index (χ1) is 7.81. The molecule has 0 aliphatic rings. The summed E-state index contributed by atoms with van der Waals surface area (Å²) in [5, 5.41) is 3.26. The van der Waals surface area contributed by atoms with Gasteiger partial charge in [-0.3, -0.25) is 0 Å². The number of hydrogen-bond donors (Lipinski definition) is 1. The molecule has 0 unspecified atom stereocenters. The van der Waals surface area contributed by atoms with Crippen molar-refractivity contribution in [3.63, 3.8) is 0 Å². The van der Waals surface area contributed by atoms with E-state index in [9.17, 15) is 4.39 Å². The highest BCUT2D eigenvalue weighted by Gasteiger charge is 2.06. The first-order valence-corrected chi connectivity index (χ1v) is 6.17. The Balaban J connectivity index is 2.22. The standard InChI is InChI=1S/C13H14FNS/c1-2-15-9-10-7-8-13(16-10)11-5-3-4-6-12(11)14/h3-8,15H,2,9H2,1H3. The number of rotatable bonds is 4. The summed E-state index contributed by atoms with van der Waals surface area (Å²) in [5.74, 6) is -0.153. The van der Waals surface area contributed by atoms with Gasteiger partial charge in [-0.1, -0.05) is 25.1 Å². The molecule has 0 atom stereocenters. The van der Waals surface area contributed by atoms with Gasteiger partial charge in [0.05, 0.1) is 0 Å². The molecule has 0 aliphatic carbocycles. The van der Waals surface area contributed by atoms with Crippen LogP contribution in [0, 0.1) is 5.82 Å². The van der Waals surface area contributed by atoms with E-state index in [0.29, 0.717) is 5.56 Å². The van der Waals surface area contributed by atoms with Crippen molar-refractivity contribution in [1.29, 1.82) is 0 Å². The van der Waals surface area contributed by atoms with Crippen LogP contribution in [0.2, 0.25) is 0 Å². The maximum atomic E-state index is 13.5. The summed E-state index contributed by atoms with van der Waals surface area (Å²) in [6.45, 7) is 3.88. The molecule has 0 amide bonds. The van der Waals surface area contributed by atoms with E-state index >= 15 is 0 Å². The SMILES string of the molecule is CCNCc1ccc(-c2ccccc2F)s1. The monoisotopic (exact) mass is 235 g/mol. The van der Waals surface area contributed by atoms with E-state index in [1.165, 1.54) is 10.9 Å². The van der Waals surface area contributed by atoms with Crippen LogP contribution < -0.4 is 5.32 Å². The highest BCUT2D eigenvalue weighted by Crippen LogP contribution is 2.29. The zero-order valence-corrected chi connectivity index (χ0v) is 9.98. The van der Waals surface area contributed by atoms with Gasteiger partial charge in [0, 0.05) is 21.9 Å². The van der Waals surface area contributed by atoms with E-state index in [1.807, 2.05) is 18.2 Å². The quantitative estimate of drug-likeness (QED) is 0.852. The van der Waals surface area contributed by atoms with E-state index in [2.05, 4.69) is 18.3 Å². The van der Waals surface area contributed by atoms with Gasteiger partial charge in [-0.15, -0.1) is 11.3 Å². The summed E-state index contributed by atoms with van der Waals surface area (Å²) in [6, 6.07) is 10.9. The van der Waals surface area contributed by atoms with Crippen LogP contribution in [0.5, 0.6) is 0 Å². The van der Waals surface area contributed by atoms with Crippen LogP contribution in [-0.4, -0.2) is 6.54 Å². The fourth-order valence-electron chi connectivity index (χ4n) is 1.53. The average Bonchev–Trinajstić information content (AvgIpc) is 2.75. The maximum Gasteiger partial charge on any atom is 0.131 e. The Bertz CT molecular complexity index is 464. The van der Waals surface area contributed by atoms with E-state index in [0.717, 1.165) is 18.0 Å². The summed E-state index contributed by atoms with van der Waals surface area (Å²) >= 11 is 1.64. The van der Waals surface area contributed by atoms with E-state index in [1.54, 1.807) is 17.4 Å². The summed E-state index contributed by atoms with van der Waals surface area (Å²) in [7, 11) is 0. The van der Waals surface area contributed by atoms with Gasteiger partial charge in [0.25, 0.3) is 0 Å². The molecule has 0 spiro atoms. The molecule has 1 heterocycles. The van der Waals surface area contributed by atoms with Crippen molar-refractivity contribution in [2.24, 2.45) is 0 Å². The minimum Gasteiger partial charge on any atom is -0.312 e. The van der Waals surface area contributed by atoms with Crippen LogP contribution in [-0.2, 0) is 6.54 Å².